The van der Waals surface area contributed by atoms with Crippen LogP contribution in [0.15, 0.2) is 53.1 Å². The molecule has 1 aliphatic heterocycles. The summed E-state index contributed by atoms with van der Waals surface area (Å²) < 4.78 is 33.2. The lowest BCUT2D eigenvalue weighted by Gasteiger charge is -2.37. The van der Waals surface area contributed by atoms with Crippen molar-refractivity contribution in [3.8, 4) is 0 Å². The average molecular weight is 418 g/mol. The lowest BCUT2D eigenvalue weighted by atomic mass is 9.79. The number of piperidine rings is 1. The van der Waals surface area contributed by atoms with Crippen molar-refractivity contribution in [2.45, 2.75) is 56.2 Å². The molecular weight excluding hydrogens is 390 g/mol. The van der Waals surface area contributed by atoms with Crippen molar-refractivity contribution >= 4 is 5.91 Å². The highest BCUT2D eigenvalue weighted by atomic mass is 19.3. The molecule has 2 aliphatic rings. The fourth-order valence-electron chi connectivity index (χ4n) is 4.70. The van der Waals surface area contributed by atoms with E-state index in [0.717, 1.165) is 38.2 Å². The second kappa shape index (κ2) is 8.47. The zero-order chi connectivity index (χ0) is 21.2. The molecule has 0 spiro atoms. The first kappa shape index (κ1) is 21.0. The Morgan fingerprint density at radius 1 is 1.17 bits per heavy atom. The van der Waals surface area contributed by atoms with Crippen LogP contribution in [-0.4, -0.2) is 41.0 Å². The molecule has 2 fully saturated rings. The van der Waals surface area contributed by atoms with E-state index in [9.17, 15) is 18.7 Å². The van der Waals surface area contributed by atoms with Crippen molar-refractivity contribution in [1.29, 1.82) is 0 Å². The van der Waals surface area contributed by atoms with Gasteiger partial charge in [0.05, 0.1) is 12.8 Å². The Hall–Kier alpha value is -2.25. The summed E-state index contributed by atoms with van der Waals surface area (Å²) in [4.78, 5) is 15.5. The SMILES string of the molecule is O=C(NC1CCN(Cc2ccco2)CC1)[C@](O)(c1ccccc1)[C@@H]1CCC(F)(F)C1. The van der Waals surface area contributed by atoms with Crippen LogP contribution in [0.4, 0.5) is 8.78 Å². The third-order valence-corrected chi connectivity index (χ3v) is 6.44. The van der Waals surface area contributed by atoms with E-state index in [1.54, 1.807) is 36.6 Å². The number of amides is 1. The molecule has 4 rings (SSSR count). The summed E-state index contributed by atoms with van der Waals surface area (Å²) in [5, 5.41) is 14.4. The lowest BCUT2D eigenvalue weighted by molar-refractivity contribution is -0.149. The summed E-state index contributed by atoms with van der Waals surface area (Å²) in [6.07, 6.45) is 2.46. The highest BCUT2D eigenvalue weighted by molar-refractivity contribution is 5.87. The number of aliphatic hydroxyl groups is 1. The summed E-state index contributed by atoms with van der Waals surface area (Å²) in [6.45, 7) is 2.30. The Balaban J connectivity index is 1.43. The van der Waals surface area contributed by atoms with Crippen LogP contribution < -0.4 is 5.32 Å². The molecule has 7 heteroatoms. The van der Waals surface area contributed by atoms with Crippen LogP contribution in [0.2, 0.25) is 0 Å². The fourth-order valence-corrected chi connectivity index (χ4v) is 4.70. The number of halogens is 2. The van der Waals surface area contributed by atoms with Crippen LogP contribution in [0.3, 0.4) is 0 Å². The van der Waals surface area contributed by atoms with Crippen LogP contribution in [0.5, 0.6) is 0 Å². The summed E-state index contributed by atoms with van der Waals surface area (Å²) in [5.74, 6) is -3.32. The third kappa shape index (κ3) is 4.42. The molecule has 1 amide bonds. The lowest BCUT2D eigenvalue weighted by Crippen LogP contribution is -2.54. The van der Waals surface area contributed by atoms with E-state index in [-0.39, 0.29) is 18.9 Å². The van der Waals surface area contributed by atoms with Crippen molar-refractivity contribution in [3.05, 3.63) is 60.1 Å². The minimum atomic E-state index is -2.84. The van der Waals surface area contributed by atoms with Crippen LogP contribution in [0.25, 0.3) is 0 Å². The number of likely N-dealkylation sites (tertiary alicyclic amines) is 1. The number of hydrogen-bond acceptors (Lipinski definition) is 4. The molecule has 2 N–H and O–H groups in total. The van der Waals surface area contributed by atoms with Gasteiger partial charge in [0.2, 0.25) is 5.92 Å². The number of nitrogens with zero attached hydrogens (tertiary/aromatic N) is 1. The Bertz CT molecular complexity index is 835. The molecule has 2 aromatic rings. The van der Waals surface area contributed by atoms with Crippen molar-refractivity contribution in [2.24, 2.45) is 5.92 Å². The van der Waals surface area contributed by atoms with E-state index < -0.39 is 29.8 Å². The van der Waals surface area contributed by atoms with Gasteiger partial charge in [0, 0.05) is 37.9 Å². The second-order valence-corrected chi connectivity index (χ2v) is 8.53. The molecular formula is C23H28F2N2O3. The summed E-state index contributed by atoms with van der Waals surface area (Å²) >= 11 is 0. The Labute approximate surface area is 175 Å². The molecule has 2 atom stereocenters. The van der Waals surface area contributed by atoms with E-state index in [4.69, 9.17) is 4.42 Å². The monoisotopic (exact) mass is 418 g/mol. The third-order valence-electron chi connectivity index (χ3n) is 6.44. The number of nitrogens with one attached hydrogen (secondary N) is 1. The zero-order valence-electron chi connectivity index (χ0n) is 16.9. The number of rotatable bonds is 6. The van der Waals surface area contributed by atoms with Gasteiger partial charge < -0.3 is 14.8 Å². The van der Waals surface area contributed by atoms with E-state index in [2.05, 4.69) is 10.2 Å². The normalized spacial score (nSPS) is 24.4. The standard InChI is InChI=1S/C23H28F2N2O3/c24-22(25)11-8-18(15-22)23(29,17-5-2-1-3-6-17)21(28)26-19-9-12-27(13-10-19)16-20-7-4-14-30-20/h1-7,14,18-19,29H,8-13,15-16H2,(H,26,28)/t18-,23+/m1/s1. The number of furan rings is 1. The number of carbonyl (C=O) groups excluding carboxylic acids is 1. The molecule has 5 nitrogen and oxygen atoms in total. The molecule has 2 heterocycles. The van der Waals surface area contributed by atoms with Crippen molar-refractivity contribution < 1.29 is 23.1 Å². The molecule has 30 heavy (non-hydrogen) atoms. The number of carbonyl (C=O) groups is 1. The van der Waals surface area contributed by atoms with Crippen LogP contribution >= 0.6 is 0 Å². The van der Waals surface area contributed by atoms with Gasteiger partial charge in [-0.15, -0.1) is 0 Å². The summed E-state index contributed by atoms with van der Waals surface area (Å²) in [7, 11) is 0. The van der Waals surface area contributed by atoms with Crippen molar-refractivity contribution in [2.75, 3.05) is 13.1 Å². The predicted octanol–water partition coefficient (Wildman–Crippen LogP) is 3.68. The molecule has 0 unspecified atom stereocenters. The van der Waals surface area contributed by atoms with Crippen molar-refractivity contribution in [1.82, 2.24) is 10.2 Å². The van der Waals surface area contributed by atoms with Gasteiger partial charge in [-0.25, -0.2) is 8.78 Å². The van der Waals surface area contributed by atoms with Crippen LogP contribution in [0.1, 0.15) is 43.4 Å². The molecule has 1 aliphatic carbocycles. The zero-order valence-corrected chi connectivity index (χ0v) is 16.9. The highest BCUT2D eigenvalue weighted by Crippen LogP contribution is 2.47. The van der Waals surface area contributed by atoms with Crippen LogP contribution in [0, 0.1) is 5.92 Å². The number of benzene rings is 1. The van der Waals surface area contributed by atoms with Gasteiger partial charge in [0.15, 0.2) is 5.60 Å². The van der Waals surface area contributed by atoms with Crippen LogP contribution in [-0.2, 0) is 16.9 Å². The van der Waals surface area contributed by atoms with Crippen molar-refractivity contribution in [3.63, 3.8) is 0 Å². The van der Waals surface area contributed by atoms with Gasteiger partial charge >= 0.3 is 0 Å². The minimum absolute atomic E-state index is 0.0949. The molecule has 162 valence electrons. The Morgan fingerprint density at radius 3 is 2.50 bits per heavy atom. The number of hydrogen-bond donors (Lipinski definition) is 2. The first-order valence-corrected chi connectivity index (χ1v) is 10.6. The van der Waals surface area contributed by atoms with E-state index in [0.29, 0.717) is 5.56 Å². The Kier molecular flexibility index (Phi) is 5.93. The summed E-state index contributed by atoms with van der Waals surface area (Å²) in [5.41, 5.74) is -1.58. The van der Waals surface area contributed by atoms with E-state index in [1.165, 1.54) is 0 Å². The topological polar surface area (TPSA) is 65.7 Å². The highest BCUT2D eigenvalue weighted by Gasteiger charge is 2.53. The van der Waals surface area contributed by atoms with Gasteiger partial charge in [-0.05, 0) is 37.0 Å². The first-order chi connectivity index (χ1) is 14.4. The average Bonchev–Trinajstić information content (AvgIpc) is 3.38. The maximum Gasteiger partial charge on any atom is 0.257 e. The van der Waals surface area contributed by atoms with E-state index in [1.807, 2.05) is 12.1 Å². The Morgan fingerprint density at radius 2 is 1.90 bits per heavy atom. The maximum absolute atomic E-state index is 13.9. The molecule has 0 radical (unpaired) electrons. The van der Waals surface area contributed by atoms with Gasteiger partial charge in [-0.1, -0.05) is 30.3 Å². The van der Waals surface area contributed by atoms with E-state index >= 15 is 0 Å². The first-order valence-electron chi connectivity index (χ1n) is 10.6. The fraction of sp³-hybridized carbons (Fsp3) is 0.522. The molecule has 1 saturated carbocycles. The van der Waals surface area contributed by atoms with Gasteiger partial charge in [-0.2, -0.15) is 0 Å². The van der Waals surface area contributed by atoms with Gasteiger partial charge in [0.1, 0.15) is 5.76 Å². The number of alkyl halides is 2. The van der Waals surface area contributed by atoms with Gasteiger partial charge in [0.25, 0.3) is 5.91 Å². The second-order valence-electron chi connectivity index (χ2n) is 8.53. The van der Waals surface area contributed by atoms with Gasteiger partial charge in [-0.3, -0.25) is 9.69 Å². The largest absolute Gasteiger partial charge is 0.468 e. The quantitative estimate of drug-likeness (QED) is 0.751. The smallest absolute Gasteiger partial charge is 0.257 e. The maximum atomic E-state index is 13.9. The molecule has 1 aromatic carbocycles. The summed E-state index contributed by atoms with van der Waals surface area (Å²) in [6, 6.07) is 12.2. The minimum Gasteiger partial charge on any atom is -0.468 e. The predicted molar refractivity (Wildman–Crippen MR) is 108 cm³/mol. The molecule has 1 saturated heterocycles. The molecule has 0 bridgehead atoms. The molecule has 1 aromatic heterocycles.